The number of carbonyl (C=O) groups is 2. The van der Waals surface area contributed by atoms with Gasteiger partial charge in [0.25, 0.3) is 17.5 Å². The van der Waals surface area contributed by atoms with E-state index in [9.17, 15) is 14.7 Å². The lowest BCUT2D eigenvalue weighted by molar-refractivity contribution is -0.235. The number of hydrogen-bond acceptors (Lipinski definition) is 7. The van der Waals surface area contributed by atoms with Crippen LogP contribution in [0.2, 0.25) is 0 Å². The summed E-state index contributed by atoms with van der Waals surface area (Å²) in [6.07, 6.45) is -1.16. The lowest BCUT2D eigenvalue weighted by atomic mass is 9.84. The van der Waals surface area contributed by atoms with E-state index >= 15 is 0 Å². The van der Waals surface area contributed by atoms with Gasteiger partial charge in [-0.25, -0.2) is 0 Å². The highest BCUT2D eigenvalue weighted by Crippen LogP contribution is 2.39. The van der Waals surface area contributed by atoms with Crippen molar-refractivity contribution in [3.8, 4) is 0 Å². The summed E-state index contributed by atoms with van der Waals surface area (Å²) in [4.78, 5) is 25.7. The van der Waals surface area contributed by atoms with Crippen molar-refractivity contribution in [3.63, 3.8) is 0 Å². The number of likely N-dealkylation sites (N-methyl/N-ethyl adjacent to an activating group) is 1. The van der Waals surface area contributed by atoms with Crippen LogP contribution in [0.5, 0.6) is 0 Å². The van der Waals surface area contributed by atoms with Gasteiger partial charge in [0.05, 0.1) is 13.2 Å². The van der Waals surface area contributed by atoms with Crippen molar-refractivity contribution in [3.05, 3.63) is 12.2 Å². The first kappa shape index (κ1) is 18.3. The highest BCUT2D eigenvalue weighted by atomic mass is 16.8. The summed E-state index contributed by atoms with van der Waals surface area (Å²) in [5.74, 6) is -2.16. The SMILES string of the molecule is C=C1CCO[C@]2([C@@H](O)[C@@]3(C)COC(C)(C)O3)NC(=O)[C@@]1(NC)NC2=O. The molecule has 0 aromatic heterocycles. The summed E-state index contributed by atoms with van der Waals surface area (Å²) in [6, 6.07) is 0. The summed E-state index contributed by atoms with van der Waals surface area (Å²) in [7, 11) is 1.55. The van der Waals surface area contributed by atoms with Crippen molar-refractivity contribution in [2.45, 2.75) is 56.1 Å². The summed E-state index contributed by atoms with van der Waals surface area (Å²) in [5.41, 5.74) is -4.19. The predicted molar refractivity (Wildman–Crippen MR) is 86.0 cm³/mol. The Hall–Kier alpha value is -1.52. The molecule has 4 atom stereocenters. The summed E-state index contributed by atoms with van der Waals surface area (Å²) >= 11 is 0. The van der Waals surface area contributed by atoms with Crippen LogP contribution in [0.15, 0.2) is 12.2 Å². The molecule has 0 aromatic rings. The molecule has 4 saturated heterocycles. The van der Waals surface area contributed by atoms with Gasteiger partial charge >= 0.3 is 0 Å². The Kier molecular flexibility index (Phi) is 4.01. The molecule has 4 fully saturated rings. The third kappa shape index (κ3) is 2.49. The second-order valence-corrected chi connectivity index (χ2v) is 7.35. The molecule has 0 spiro atoms. The average Bonchev–Trinajstić information content (AvgIpc) is 2.82. The first-order chi connectivity index (χ1) is 11.5. The standard InChI is InChI=1S/C16H25N3O6/c1-9-6-7-23-16(10(20)14(4)8-24-13(2,3)25-14)12(22)18-15(9,17-5)11(21)19-16/h10,17,20H,1,6-8H2,2-5H3,(H,18,22)(H,19,21)/t10-,14+,15-,16-/m0/s1. The number of hydrogen-bond donors (Lipinski definition) is 4. The van der Waals surface area contributed by atoms with Gasteiger partial charge in [0, 0.05) is 0 Å². The molecule has 9 nitrogen and oxygen atoms in total. The minimum atomic E-state index is -1.98. The van der Waals surface area contributed by atoms with Crippen LogP contribution < -0.4 is 16.0 Å². The Morgan fingerprint density at radius 2 is 1.88 bits per heavy atom. The zero-order valence-corrected chi connectivity index (χ0v) is 14.9. The maximum atomic E-state index is 12.9. The topological polar surface area (TPSA) is 118 Å². The molecule has 4 heterocycles. The number of fused-ring (bicyclic) bond motifs is 5. The number of amides is 2. The Morgan fingerprint density at radius 1 is 1.20 bits per heavy atom. The summed E-state index contributed by atoms with van der Waals surface area (Å²) in [6.45, 7) is 9.04. The van der Waals surface area contributed by atoms with E-state index in [0.29, 0.717) is 12.0 Å². The zero-order valence-electron chi connectivity index (χ0n) is 14.9. The molecule has 0 saturated carbocycles. The number of rotatable bonds is 3. The summed E-state index contributed by atoms with van der Waals surface area (Å²) < 4.78 is 17.0. The van der Waals surface area contributed by atoms with Crippen molar-refractivity contribution >= 4 is 11.8 Å². The quantitative estimate of drug-likeness (QED) is 0.466. The van der Waals surface area contributed by atoms with E-state index in [-0.39, 0.29) is 13.2 Å². The molecule has 25 heavy (non-hydrogen) atoms. The van der Waals surface area contributed by atoms with Crippen molar-refractivity contribution in [2.75, 3.05) is 20.3 Å². The van der Waals surface area contributed by atoms with Crippen molar-refractivity contribution in [2.24, 2.45) is 0 Å². The average molecular weight is 355 g/mol. The van der Waals surface area contributed by atoms with Gasteiger partial charge in [-0.3, -0.25) is 14.9 Å². The minimum absolute atomic E-state index is 0.0410. The Balaban J connectivity index is 1.99. The number of piperazine rings is 1. The maximum absolute atomic E-state index is 12.9. The number of aliphatic hydroxyl groups is 1. The van der Waals surface area contributed by atoms with Crippen LogP contribution in [0.1, 0.15) is 27.2 Å². The van der Waals surface area contributed by atoms with Gasteiger partial charge in [-0.1, -0.05) is 6.58 Å². The highest BCUT2D eigenvalue weighted by molar-refractivity contribution is 6.03. The molecule has 4 aliphatic rings. The molecule has 9 heteroatoms. The van der Waals surface area contributed by atoms with Gasteiger partial charge < -0.3 is 30.0 Å². The second kappa shape index (κ2) is 5.49. The predicted octanol–water partition coefficient (Wildman–Crippen LogP) is -1.28. The van der Waals surface area contributed by atoms with Gasteiger partial charge in [-0.2, -0.15) is 0 Å². The van der Waals surface area contributed by atoms with Crippen molar-refractivity contribution < 1.29 is 28.9 Å². The molecule has 2 amide bonds. The normalized spacial score (nSPS) is 41.7. The molecule has 0 unspecified atom stereocenters. The van der Waals surface area contributed by atoms with E-state index in [4.69, 9.17) is 14.2 Å². The van der Waals surface area contributed by atoms with Gasteiger partial charge in [-0.05, 0) is 39.8 Å². The fraction of sp³-hybridized carbons (Fsp3) is 0.750. The first-order valence-corrected chi connectivity index (χ1v) is 8.20. The molecule has 4 aliphatic heterocycles. The molecule has 2 bridgehead atoms. The third-order valence-corrected chi connectivity index (χ3v) is 5.07. The number of nitrogens with one attached hydrogen (secondary N) is 3. The van der Waals surface area contributed by atoms with Crippen molar-refractivity contribution in [1.82, 2.24) is 16.0 Å². The van der Waals surface area contributed by atoms with Crippen LogP contribution in [-0.4, -0.2) is 66.1 Å². The van der Waals surface area contributed by atoms with Crippen LogP contribution in [-0.2, 0) is 23.8 Å². The molecule has 4 rings (SSSR count). The molecular formula is C16H25N3O6. The van der Waals surface area contributed by atoms with E-state index in [1.165, 1.54) is 0 Å². The molecule has 0 aliphatic carbocycles. The first-order valence-electron chi connectivity index (χ1n) is 8.20. The van der Waals surface area contributed by atoms with Crippen molar-refractivity contribution in [1.29, 1.82) is 0 Å². The Morgan fingerprint density at radius 3 is 2.44 bits per heavy atom. The molecular weight excluding hydrogens is 330 g/mol. The smallest absolute Gasteiger partial charge is 0.278 e. The highest BCUT2D eigenvalue weighted by Gasteiger charge is 2.65. The Labute approximate surface area is 146 Å². The molecule has 0 radical (unpaired) electrons. The van der Waals surface area contributed by atoms with E-state index in [1.54, 1.807) is 27.8 Å². The van der Waals surface area contributed by atoms with E-state index < -0.39 is 40.7 Å². The lowest BCUT2D eigenvalue weighted by Gasteiger charge is -2.51. The number of ether oxygens (including phenoxy) is 3. The fourth-order valence-electron chi connectivity index (χ4n) is 3.64. The van der Waals surface area contributed by atoms with Crippen LogP contribution >= 0.6 is 0 Å². The van der Waals surface area contributed by atoms with Crippen LogP contribution in [0.3, 0.4) is 0 Å². The van der Waals surface area contributed by atoms with E-state index in [1.807, 2.05) is 0 Å². The molecule has 4 N–H and O–H groups in total. The van der Waals surface area contributed by atoms with Gasteiger partial charge in [-0.15, -0.1) is 0 Å². The Bertz CT molecular complexity index is 637. The minimum Gasteiger partial charge on any atom is -0.384 e. The molecule has 140 valence electrons. The van der Waals surface area contributed by atoms with Crippen LogP contribution in [0.4, 0.5) is 0 Å². The second-order valence-electron chi connectivity index (χ2n) is 7.35. The largest absolute Gasteiger partial charge is 0.384 e. The van der Waals surface area contributed by atoms with E-state index in [0.717, 1.165) is 0 Å². The maximum Gasteiger partial charge on any atom is 0.278 e. The number of aliphatic hydroxyl groups excluding tert-OH is 1. The van der Waals surface area contributed by atoms with Gasteiger partial charge in [0.1, 0.15) is 11.7 Å². The van der Waals surface area contributed by atoms with Crippen LogP contribution in [0, 0.1) is 0 Å². The number of carbonyl (C=O) groups excluding carboxylic acids is 2. The van der Waals surface area contributed by atoms with Gasteiger partial charge in [0.15, 0.2) is 11.4 Å². The van der Waals surface area contributed by atoms with E-state index in [2.05, 4.69) is 22.5 Å². The zero-order chi connectivity index (χ0) is 18.7. The van der Waals surface area contributed by atoms with Gasteiger partial charge in [0.2, 0.25) is 0 Å². The lowest BCUT2D eigenvalue weighted by Crippen LogP contribution is -2.84. The molecule has 0 aromatic carbocycles. The fourth-order valence-corrected chi connectivity index (χ4v) is 3.64. The summed E-state index contributed by atoms with van der Waals surface area (Å²) in [5, 5.41) is 19.0. The van der Waals surface area contributed by atoms with Crippen LogP contribution in [0.25, 0.3) is 0 Å². The monoisotopic (exact) mass is 355 g/mol. The third-order valence-electron chi connectivity index (χ3n) is 5.07.